The number of hydrogen-bond donors (Lipinski definition) is 0. The van der Waals surface area contributed by atoms with Crippen LogP contribution >= 0.6 is 22.9 Å². The van der Waals surface area contributed by atoms with Gasteiger partial charge in [-0.25, -0.2) is 0 Å². The summed E-state index contributed by atoms with van der Waals surface area (Å²) in [7, 11) is 0. The van der Waals surface area contributed by atoms with Crippen LogP contribution in [-0.2, 0) is 11.2 Å². The van der Waals surface area contributed by atoms with Gasteiger partial charge in [-0.05, 0) is 18.4 Å². The van der Waals surface area contributed by atoms with E-state index in [0.29, 0.717) is 17.0 Å². The minimum absolute atomic E-state index is 0.616. The molecule has 0 spiro atoms. The van der Waals surface area contributed by atoms with Gasteiger partial charge in [-0.3, -0.25) is 4.79 Å². The first-order valence-electron chi connectivity index (χ1n) is 3.57. The van der Waals surface area contributed by atoms with Gasteiger partial charge in [-0.1, -0.05) is 17.7 Å². The number of carbonyl (C=O) groups is 1. The maximum atomic E-state index is 10.3. The summed E-state index contributed by atoms with van der Waals surface area (Å²) in [5, 5.41) is 2.63. The van der Waals surface area contributed by atoms with Gasteiger partial charge in [0.05, 0.1) is 0 Å². The summed E-state index contributed by atoms with van der Waals surface area (Å²) in [6.45, 7) is 1.73. The van der Waals surface area contributed by atoms with Gasteiger partial charge in [0, 0.05) is 21.9 Å². The SMILES string of the molecule is CC(C=O)=C(Cl)Cc1cccs1. The van der Waals surface area contributed by atoms with Crippen molar-refractivity contribution in [3.05, 3.63) is 33.0 Å². The van der Waals surface area contributed by atoms with Gasteiger partial charge in [-0.2, -0.15) is 0 Å². The van der Waals surface area contributed by atoms with E-state index in [1.54, 1.807) is 18.3 Å². The lowest BCUT2D eigenvalue weighted by atomic mass is 10.2. The Morgan fingerprint density at radius 3 is 3.00 bits per heavy atom. The van der Waals surface area contributed by atoms with Crippen LogP contribution < -0.4 is 0 Å². The smallest absolute Gasteiger partial charge is 0.146 e. The number of halogens is 1. The van der Waals surface area contributed by atoms with E-state index in [0.717, 1.165) is 6.29 Å². The molecular weight excluding hydrogens is 192 g/mol. The van der Waals surface area contributed by atoms with Crippen molar-refractivity contribution in [2.75, 3.05) is 0 Å². The lowest BCUT2D eigenvalue weighted by Crippen LogP contribution is -1.86. The van der Waals surface area contributed by atoms with E-state index >= 15 is 0 Å². The summed E-state index contributed by atoms with van der Waals surface area (Å²) >= 11 is 7.52. The molecule has 0 aliphatic carbocycles. The fourth-order valence-corrected chi connectivity index (χ4v) is 1.75. The van der Waals surface area contributed by atoms with Gasteiger partial charge in [0.1, 0.15) is 6.29 Å². The molecule has 0 amide bonds. The maximum absolute atomic E-state index is 10.3. The van der Waals surface area contributed by atoms with E-state index in [9.17, 15) is 4.79 Å². The van der Waals surface area contributed by atoms with Crippen LogP contribution in [0.4, 0.5) is 0 Å². The van der Waals surface area contributed by atoms with Gasteiger partial charge in [-0.15, -0.1) is 11.3 Å². The fourth-order valence-electron chi connectivity index (χ4n) is 0.769. The molecule has 1 nitrogen and oxygen atoms in total. The van der Waals surface area contributed by atoms with Gasteiger partial charge in [0.2, 0.25) is 0 Å². The zero-order valence-electron chi connectivity index (χ0n) is 6.71. The zero-order valence-corrected chi connectivity index (χ0v) is 8.28. The van der Waals surface area contributed by atoms with E-state index in [1.807, 2.05) is 17.5 Å². The number of hydrogen-bond acceptors (Lipinski definition) is 2. The summed E-state index contributed by atoms with van der Waals surface area (Å²) in [5.41, 5.74) is 0.616. The Balaban J connectivity index is 2.70. The van der Waals surface area contributed by atoms with Crippen molar-refractivity contribution in [1.29, 1.82) is 0 Å². The Morgan fingerprint density at radius 2 is 2.50 bits per heavy atom. The number of rotatable bonds is 3. The summed E-state index contributed by atoms with van der Waals surface area (Å²) in [5.74, 6) is 0. The van der Waals surface area contributed by atoms with Crippen LogP contribution in [0.25, 0.3) is 0 Å². The molecule has 3 heteroatoms. The molecule has 0 saturated carbocycles. The Kier molecular flexibility index (Phi) is 3.50. The normalized spacial score (nSPS) is 12.5. The number of thiophene rings is 1. The predicted molar refractivity (Wildman–Crippen MR) is 52.6 cm³/mol. The average molecular weight is 201 g/mol. The first kappa shape index (κ1) is 9.49. The minimum atomic E-state index is 0.616. The molecule has 1 heterocycles. The third-order valence-corrected chi connectivity index (χ3v) is 2.82. The van der Waals surface area contributed by atoms with Gasteiger partial charge in [0.15, 0.2) is 0 Å². The summed E-state index contributed by atoms with van der Waals surface area (Å²) in [6, 6.07) is 3.98. The quantitative estimate of drug-likeness (QED) is 0.542. The van der Waals surface area contributed by atoms with E-state index in [-0.39, 0.29) is 0 Å². The second kappa shape index (κ2) is 4.43. The van der Waals surface area contributed by atoms with Gasteiger partial charge < -0.3 is 0 Å². The van der Waals surface area contributed by atoms with Crippen LogP contribution in [0.3, 0.4) is 0 Å². The highest BCUT2D eigenvalue weighted by atomic mass is 35.5. The first-order chi connectivity index (χ1) is 5.74. The van der Waals surface area contributed by atoms with E-state index < -0.39 is 0 Å². The lowest BCUT2D eigenvalue weighted by Gasteiger charge is -1.96. The third-order valence-electron chi connectivity index (χ3n) is 1.51. The molecular formula is C9H9ClOS. The standard InChI is InChI=1S/C9H9ClOS/c1-7(6-11)9(10)5-8-3-2-4-12-8/h2-4,6H,5H2,1H3. The Hall–Kier alpha value is -0.600. The van der Waals surface area contributed by atoms with Crippen molar-refractivity contribution in [2.45, 2.75) is 13.3 Å². The highest BCUT2D eigenvalue weighted by molar-refractivity contribution is 7.09. The van der Waals surface area contributed by atoms with Gasteiger partial charge >= 0.3 is 0 Å². The van der Waals surface area contributed by atoms with Crippen molar-refractivity contribution in [3.63, 3.8) is 0 Å². The molecule has 0 aromatic carbocycles. The van der Waals surface area contributed by atoms with E-state index in [2.05, 4.69) is 0 Å². The molecule has 0 atom stereocenters. The Bertz CT molecular complexity index is 287. The van der Waals surface area contributed by atoms with Crippen LogP contribution in [-0.4, -0.2) is 6.29 Å². The highest BCUT2D eigenvalue weighted by Gasteiger charge is 2.00. The van der Waals surface area contributed by atoms with Crippen molar-refractivity contribution in [1.82, 2.24) is 0 Å². The van der Waals surface area contributed by atoms with Crippen LogP contribution in [0.15, 0.2) is 28.1 Å². The molecule has 0 fully saturated rings. The molecule has 0 aliphatic heterocycles. The van der Waals surface area contributed by atoms with Crippen LogP contribution in [0, 0.1) is 0 Å². The second-order valence-corrected chi connectivity index (χ2v) is 3.95. The van der Waals surface area contributed by atoms with E-state index in [1.165, 1.54) is 4.88 Å². The van der Waals surface area contributed by atoms with Crippen molar-refractivity contribution < 1.29 is 4.79 Å². The van der Waals surface area contributed by atoms with Crippen LogP contribution in [0.5, 0.6) is 0 Å². The maximum Gasteiger partial charge on any atom is 0.146 e. The van der Waals surface area contributed by atoms with Crippen LogP contribution in [0.2, 0.25) is 0 Å². The molecule has 0 radical (unpaired) electrons. The highest BCUT2D eigenvalue weighted by Crippen LogP contribution is 2.18. The molecule has 1 aromatic rings. The molecule has 1 aromatic heterocycles. The average Bonchev–Trinajstić information content (AvgIpc) is 2.55. The minimum Gasteiger partial charge on any atom is -0.298 e. The monoisotopic (exact) mass is 200 g/mol. The topological polar surface area (TPSA) is 17.1 Å². The molecule has 12 heavy (non-hydrogen) atoms. The Morgan fingerprint density at radius 1 is 1.75 bits per heavy atom. The third kappa shape index (κ3) is 2.47. The van der Waals surface area contributed by atoms with Crippen LogP contribution in [0.1, 0.15) is 11.8 Å². The molecule has 0 N–H and O–H groups in total. The summed E-state index contributed by atoms with van der Waals surface area (Å²) in [4.78, 5) is 11.5. The van der Waals surface area contributed by atoms with Gasteiger partial charge in [0.25, 0.3) is 0 Å². The number of aldehydes is 1. The molecule has 0 unspecified atom stereocenters. The predicted octanol–water partition coefficient (Wildman–Crippen LogP) is 3.00. The Labute approximate surface area is 80.7 Å². The van der Waals surface area contributed by atoms with Crippen molar-refractivity contribution in [3.8, 4) is 0 Å². The largest absolute Gasteiger partial charge is 0.298 e. The zero-order chi connectivity index (χ0) is 8.97. The summed E-state index contributed by atoms with van der Waals surface area (Å²) < 4.78 is 0. The lowest BCUT2D eigenvalue weighted by molar-refractivity contribution is -0.104. The molecule has 1 rings (SSSR count). The fraction of sp³-hybridized carbons (Fsp3) is 0.222. The van der Waals surface area contributed by atoms with E-state index in [4.69, 9.17) is 11.6 Å². The second-order valence-electron chi connectivity index (χ2n) is 2.46. The molecule has 0 aliphatic rings. The molecule has 0 saturated heterocycles. The molecule has 64 valence electrons. The van der Waals surface area contributed by atoms with Crippen molar-refractivity contribution in [2.24, 2.45) is 0 Å². The van der Waals surface area contributed by atoms with Crippen molar-refractivity contribution >= 4 is 29.2 Å². The first-order valence-corrected chi connectivity index (χ1v) is 4.82. The number of carbonyl (C=O) groups excluding carboxylic acids is 1. The summed E-state index contributed by atoms with van der Waals surface area (Å²) in [6.07, 6.45) is 1.46. The molecule has 0 bridgehead atoms. The number of allylic oxidation sites excluding steroid dienone is 2.